The number of hydrogen-bond acceptors (Lipinski definition) is 3. The van der Waals surface area contributed by atoms with Crippen LogP contribution < -0.4 is 0 Å². The molecule has 0 spiro atoms. The van der Waals surface area contributed by atoms with Gasteiger partial charge in [0.15, 0.2) is 0 Å². The van der Waals surface area contributed by atoms with Crippen LogP contribution in [0.2, 0.25) is 0 Å². The third-order valence-electron chi connectivity index (χ3n) is 3.06. The maximum Gasteiger partial charge on any atom is 0.115 e. The van der Waals surface area contributed by atoms with E-state index in [9.17, 15) is 5.11 Å². The monoisotopic (exact) mass is 274 g/mol. The lowest BCUT2D eigenvalue weighted by Crippen LogP contribution is -1.88. The van der Waals surface area contributed by atoms with Crippen LogP contribution in [0.1, 0.15) is 11.3 Å². The second kappa shape index (κ2) is 6.01. The highest BCUT2D eigenvalue weighted by Gasteiger charge is 2.00. The lowest BCUT2D eigenvalue weighted by atomic mass is 10.1. The summed E-state index contributed by atoms with van der Waals surface area (Å²) in [5.74, 6) is 0.242. The number of phenols is 1. The number of aromatic hydroxyl groups is 1. The Kier molecular flexibility index (Phi) is 3.74. The highest BCUT2D eigenvalue weighted by Crippen LogP contribution is 2.19. The minimum atomic E-state index is 0.242. The van der Waals surface area contributed by atoms with Crippen LogP contribution >= 0.6 is 0 Å². The maximum absolute atomic E-state index is 9.32. The summed E-state index contributed by atoms with van der Waals surface area (Å²) >= 11 is 0. The summed E-state index contributed by atoms with van der Waals surface area (Å²) < 4.78 is 0. The molecule has 1 heterocycles. The van der Waals surface area contributed by atoms with Gasteiger partial charge in [0.05, 0.1) is 23.8 Å². The number of rotatable bonds is 3. The van der Waals surface area contributed by atoms with Crippen LogP contribution in [0.3, 0.4) is 0 Å². The van der Waals surface area contributed by atoms with E-state index in [1.54, 1.807) is 24.5 Å². The molecule has 0 unspecified atom stereocenters. The topological polar surface area (TPSA) is 46.0 Å². The molecule has 0 fully saturated rings. The molecule has 0 aliphatic carbocycles. The summed E-state index contributed by atoms with van der Waals surface area (Å²) in [7, 11) is 0. The summed E-state index contributed by atoms with van der Waals surface area (Å²) in [6, 6.07) is 17.0. The van der Waals surface area contributed by atoms with Crippen LogP contribution in [-0.2, 0) is 0 Å². The van der Waals surface area contributed by atoms with Gasteiger partial charge < -0.3 is 5.11 Å². The van der Waals surface area contributed by atoms with Crippen LogP contribution in [-0.4, -0.2) is 15.1 Å². The summed E-state index contributed by atoms with van der Waals surface area (Å²) in [4.78, 5) is 8.78. The smallest absolute Gasteiger partial charge is 0.115 e. The molecular weight excluding hydrogens is 260 g/mol. The van der Waals surface area contributed by atoms with Gasteiger partial charge in [-0.3, -0.25) is 4.98 Å². The number of phenolic OH excluding ortho intramolecular Hbond substituents is 1. The molecule has 102 valence electrons. The summed E-state index contributed by atoms with van der Waals surface area (Å²) in [5, 5.41) is 9.32. The molecule has 0 aliphatic rings. The molecule has 3 aromatic rings. The average Bonchev–Trinajstić information content (AvgIpc) is 2.55. The molecule has 1 aromatic heterocycles. The first kappa shape index (κ1) is 13.1. The predicted molar refractivity (Wildman–Crippen MR) is 84.5 cm³/mol. The fourth-order valence-electron chi connectivity index (χ4n) is 1.98. The van der Waals surface area contributed by atoms with E-state index >= 15 is 0 Å². The Labute approximate surface area is 123 Å². The van der Waals surface area contributed by atoms with Crippen LogP contribution in [0.5, 0.6) is 5.75 Å². The lowest BCUT2D eigenvalue weighted by Gasteiger charge is -2.01. The van der Waals surface area contributed by atoms with Crippen molar-refractivity contribution in [1.29, 1.82) is 0 Å². The first-order valence-electron chi connectivity index (χ1n) is 6.66. The Hall–Kier alpha value is -2.94. The maximum atomic E-state index is 9.32. The lowest BCUT2D eigenvalue weighted by molar-refractivity contribution is 0.475. The quantitative estimate of drug-likeness (QED) is 0.784. The van der Waals surface area contributed by atoms with E-state index in [0.717, 1.165) is 22.5 Å². The molecule has 0 aliphatic heterocycles. The second-order valence-corrected chi connectivity index (χ2v) is 4.62. The minimum absolute atomic E-state index is 0.242. The number of benzene rings is 2. The van der Waals surface area contributed by atoms with Crippen molar-refractivity contribution in [2.45, 2.75) is 0 Å². The fraction of sp³-hybridized carbons (Fsp3) is 0. The number of nitrogens with zero attached hydrogens (tertiary/aromatic N) is 2. The molecule has 2 aromatic carbocycles. The molecule has 0 bridgehead atoms. The van der Waals surface area contributed by atoms with Crippen molar-refractivity contribution in [2.75, 3.05) is 0 Å². The van der Waals surface area contributed by atoms with Crippen molar-refractivity contribution in [2.24, 2.45) is 0 Å². The number of hydrogen-bond donors (Lipinski definition) is 1. The van der Waals surface area contributed by atoms with Crippen molar-refractivity contribution in [3.8, 4) is 17.0 Å². The van der Waals surface area contributed by atoms with Gasteiger partial charge in [0.1, 0.15) is 5.75 Å². The van der Waals surface area contributed by atoms with Gasteiger partial charge in [-0.15, -0.1) is 0 Å². The second-order valence-electron chi connectivity index (χ2n) is 4.62. The van der Waals surface area contributed by atoms with Gasteiger partial charge in [-0.05, 0) is 35.9 Å². The van der Waals surface area contributed by atoms with Crippen molar-refractivity contribution >= 4 is 12.2 Å². The fourth-order valence-corrected chi connectivity index (χ4v) is 1.98. The molecular formula is C18H14N2O. The third kappa shape index (κ3) is 3.34. The molecule has 0 saturated heterocycles. The van der Waals surface area contributed by atoms with E-state index in [-0.39, 0.29) is 5.75 Å². The Balaban J connectivity index is 1.86. The van der Waals surface area contributed by atoms with Gasteiger partial charge in [0.2, 0.25) is 0 Å². The molecule has 3 heteroatoms. The highest BCUT2D eigenvalue weighted by molar-refractivity contribution is 5.69. The Bertz CT molecular complexity index is 750. The van der Waals surface area contributed by atoms with Crippen LogP contribution in [0.25, 0.3) is 23.4 Å². The third-order valence-corrected chi connectivity index (χ3v) is 3.06. The first-order valence-corrected chi connectivity index (χ1v) is 6.66. The Morgan fingerprint density at radius 3 is 2.33 bits per heavy atom. The van der Waals surface area contributed by atoms with Crippen LogP contribution in [0.15, 0.2) is 67.0 Å². The summed E-state index contributed by atoms with van der Waals surface area (Å²) in [5.41, 5.74) is 3.62. The van der Waals surface area contributed by atoms with Crippen molar-refractivity contribution in [3.05, 3.63) is 78.2 Å². The molecule has 1 N–H and O–H groups in total. The van der Waals surface area contributed by atoms with E-state index in [1.165, 1.54) is 0 Å². The van der Waals surface area contributed by atoms with Gasteiger partial charge in [-0.25, -0.2) is 4.98 Å². The standard InChI is InChI=1S/C18H14N2O/c21-17-10-7-15(8-11-17)18-13-19-12-16(20-18)9-6-14-4-2-1-3-5-14/h1-13,21H/b9-6+. The molecule has 0 saturated carbocycles. The van der Waals surface area contributed by atoms with E-state index in [2.05, 4.69) is 9.97 Å². The SMILES string of the molecule is Oc1ccc(-c2cncc(/C=C/c3ccccc3)n2)cc1. The van der Waals surface area contributed by atoms with Crippen LogP contribution in [0, 0.1) is 0 Å². The first-order chi connectivity index (χ1) is 10.3. The van der Waals surface area contributed by atoms with Crippen molar-refractivity contribution in [1.82, 2.24) is 9.97 Å². The van der Waals surface area contributed by atoms with Gasteiger partial charge in [0, 0.05) is 5.56 Å². The average molecular weight is 274 g/mol. The van der Waals surface area contributed by atoms with E-state index < -0.39 is 0 Å². The van der Waals surface area contributed by atoms with Crippen molar-refractivity contribution in [3.63, 3.8) is 0 Å². The zero-order valence-electron chi connectivity index (χ0n) is 11.3. The van der Waals surface area contributed by atoms with Gasteiger partial charge in [0.25, 0.3) is 0 Å². The van der Waals surface area contributed by atoms with Crippen LogP contribution in [0.4, 0.5) is 0 Å². The normalized spacial score (nSPS) is 10.9. The highest BCUT2D eigenvalue weighted by atomic mass is 16.3. The number of aromatic nitrogens is 2. The molecule has 0 radical (unpaired) electrons. The summed E-state index contributed by atoms with van der Waals surface area (Å²) in [6.07, 6.45) is 7.38. The molecule has 3 rings (SSSR count). The zero-order valence-corrected chi connectivity index (χ0v) is 11.3. The van der Waals surface area contributed by atoms with Gasteiger partial charge in [-0.2, -0.15) is 0 Å². The molecule has 21 heavy (non-hydrogen) atoms. The Morgan fingerprint density at radius 1 is 0.810 bits per heavy atom. The molecule has 0 amide bonds. The minimum Gasteiger partial charge on any atom is -0.508 e. The van der Waals surface area contributed by atoms with E-state index in [1.807, 2.05) is 54.6 Å². The van der Waals surface area contributed by atoms with Gasteiger partial charge in [-0.1, -0.05) is 36.4 Å². The largest absolute Gasteiger partial charge is 0.508 e. The zero-order chi connectivity index (χ0) is 14.5. The van der Waals surface area contributed by atoms with Gasteiger partial charge >= 0.3 is 0 Å². The van der Waals surface area contributed by atoms with Crippen molar-refractivity contribution < 1.29 is 5.11 Å². The Morgan fingerprint density at radius 2 is 1.57 bits per heavy atom. The molecule has 3 nitrogen and oxygen atoms in total. The molecule has 0 atom stereocenters. The van der Waals surface area contributed by atoms with E-state index in [4.69, 9.17) is 0 Å². The predicted octanol–water partition coefficient (Wildman–Crippen LogP) is 4.02. The summed E-state index contributed by atoms with van der Waals surface area (Å²) in [6.45, 7) is 0. The van der Waals surface area contributed by atoms with E-state index in [0.29, 0.717) is 0 Å².